The van der Waals surface area contributed by atoms with E-state index in [0.29, 0.717) is 13.0 Å². The molecule has 0 bridgehead atoms. The van der Waals surface area contributed by atoms with Crippen LogP contribution >= 0.6 is 11.8 Å². The number of benzene rings is 2. The molecule has 176 valence electrons. The number of aromatic amines is 1. The molecule has 0 radical (unpaired) electrons. The molecular formula is C28H30N2O3S. The van der Waals surface area contributed by atoms with Crippen molar-refractivity contribution in [2.24, 2.45) is 0 Å². The van der Waals surface area contributed by atoms with Crippen LogP contribution in [0.3, 0.4) is 0 Å². The fourth-order valence-corrected chi connectivity index (χ4v) is 5.32. The summed E-state index contributed by atoms with van der Waals surface area (Å²) in [5.41, 5.74) is 4.51. The molecule has 6 heteroatoms. The number of thioether (sulfide) groups is 1. The summed E-state index contributed by atoms with van der Waals surface area (Å²) in [4.78, 5) is 21.2. The second-order valence-electron chi connectivity index (χ2n) is 9.38. The lowest BCUT2D eigenvalue weighted by Gasteiger charge is -2.21. The van der Waals surface area contributed by atoms with Crippen LogP contribution in [0, 0.1) is 6.92 Å². The maximum atomic E-state index is 12.4. The minimum Gasteiger partial charge on any atom is -0.487 e. The monoisotopic (exact) mass is 474 g/mol. The first-order valence-electron chi connectivity index (χ1n) is 11.4. The molecule has 0 aliphatic heterocycles. The SMILES string of the molecule is Cc1c(OCc2ccccn2)ccc2[nH]c(C(Cc3ccccc3)C(=O)O)c(SC(C)(C)C)c12. The van der Waals surface area contributed by atoms with Gasteiger partial charge in [-0.25, -0.2) is 0 Å². The zero-order chi connectivity index (χ0) is 24.3. The van der Waals surface area contributed by atoms with Crippen LogP contribution in [0.2, 0.25) is 0 Å². The van der Waals surface area contributed by atoms with Crippen LogP contribution in [0.5, 0.6) is 5.75 Å². The third-order valence-electron chi connectivity index (χ3n) is 5.60. The van der Waals surface area contributed by atoms with Crippen LogP contribution < -0.4 is 4.74 Å². The topological polar surface area (TPSA) is 75.2 Å². The first-order valence-corrected chi connectivity index (χ1v) is 12.2. The van der Waals surface area contributed by atoms with Gasteiger partial charge in [0.25, 0.3) is 0 Å². The van der Waals surface area contributed by atoms with E-state index in [0.717, 1.165) is 44.1 Å². The summed E-state index contributed by atoms with van der Waals surface area (Å²) >= 11 is 1.69. The Morgan fingerprint density at radius 1 is 1.09 bits per heavy atom. The number of hydrogen-bond acceptors (Lipinski definition) is 4. The zero-order valence-electron chi connectivity index (χ0n) is 20.0. The molecule has 34 heavy (non-hydrogen) atoms. The van der Waals surface area contributed by atoms with Crippen molar-refractivity contribution < 1.29 is 14.6 Å². The van der Waals surface area contributed by atoms with E-state index < -0.39 is 11.9 Å². The Kier molecular flexibility index (Phi) is 6.98. The number of nitrogens with zero attached hydrogens (tertiary/aromatic N) is 1. The first kappa shape index (κ1) is 23.9. The van der Waals surface area contributed by atoms with Crippen molar-refractivity contribution in [3.63, 3.8) is 0 Å². The van der Waals surface area contributed by atoms with E-state index in [4.69, 9.17) is 4.74 Å². The smallest absolute Gasteiger partial charge is 0.312 e. The van der Waals surface area contributed by atoms with Gasteiger partial charge in [0.05, 0.1) is 5.69 Å². The number of aliphatic carboxylic acids is 1. The normalized spacial score (nSPS) is 12.6. The predicted molar refractivity (Wildman–Crippen MR) is 138 cm³/mol. The Morgan fingerprint density at radius 2 is 1.82 bits per heavy atom. The molecule has 0 saturated carbocycles. The molecule has 2 aromatic heterocycles. The largest absolute Gasteiger partial charge is 0.487 e. The van der Waals surface area contributed by atoms with E-state index in [1.807, 2.05) is 67.6 Å². The molecule has 0 saturated heterocycles. The summed E-state index contributed by atoms with van der Waals surface area (Å²) in [6.45, 7) is 8.84. The van der Waals surface area contributed by atoms with Gasteiger partial charge in [-0.1, -0.05) is 57.2 Å². The number of fused-ring (bicyclic) bond motifs is 1. The standard InChI is InChI=1S/C28H30N2O3S/c1-18-23(33-17-20-12-8-9-15-29-20)14-13-22-24(18)26(34-28(2,3)4)25(30-22)21(27(31)32)16-19-10-6-5-7-11-19/h5-15,21,30H,16-17H2,1-4H3,(H,31,32). The average molecular weight is 475 g/mol. The highest BCUT2D eigenvalue weighted by Crippen LogP contribution is 2.45. The number of carbonyl (C=O) groups is 1. The van der Waals surface area contributed by atoms with Gasteiger partial charge in [-0.2, -0.15) is 0 Å². The molecule has 1 unspecified atom stereocenters. The van der Waals surface area contributed by atoms with Gasteiger partial charge in [-0.15, -0.1) is 11.8 Å². The number of carboxylic acid groups (broad SMARTS) is 1. The minimum atomic E-state index is -0.838. The number of pyridine rings is 1. The van der Waals surface area contributed by atoms with Crippen molar-refractivity contribution in [3.8, 4) is 5.75 Å². The van der Waals surface area contributed by atoms with Crippen molar-refractivity contribution >= 4 is 28.6 Å². The van der Waals surface area contributed by atoms with Crippen LogP contribution in [0.15, 0.2) is 71.8 Å². The lowest BCUT2D eigenvalue weighted by atomic mass is 9.96. The summed E-state index contributed by atoms with van der Waals surface area (Å²) in [5, 5.41) is 11.2. The van der Waals surface area contributed by atoms with E-state index in [2.05, 4.69) is 30.7 Å². The predicted octanol–water partition coefficient (Wildman–Crippen LogP) is 6.75. The highest BCUT2D eigenvalue weighted by molar-refractivity contribution is 8.00. The molecule has 2 aromatic carbocycles. The van der Waals surface area contributed by atoms with E-state index in [1.54, 1.807) is 18.0 Å². The average Bonchev–Trinajstić information content (AvgIpc) is 3.15. The van der Waals surface area contributed by atoms with E-state index >= 15 is 0 Å². The summed E-state index contributed by atoms with van der Waals surface area (Å²) < 4.78 is 6.03. The molecule has 1 atom stereocenters. The van der Waals surface area contributed by atoms with Crippen molar-refractivity contribution in [1.29, 1.82) is 0 Å². The fraction of sp³-hybridized carbons (Fsp3) is 0.286. The number of aryl methyl sites for hydroxylation is 1. The number of aromatic nitrogens is 2. The molecule has 0 fully saturated rings. The van der Waals surface area contributed by atoms with Crippen molar-refractivity contribution in [1.82, 2.24) is 9.97 Å². The number of hydrogen-bond donors (Lipinski definition) is 2. The minimum absolute atomic E-state index is 0.100. The second-order valence-corrected chi connectivity index (χ2v) is 11.2. The van der Waals surface area contributed by atoms with Gasteiger partial charge in [-0.05, 0) is 43.2 Å². The number of rotatable bonds is 8. The molecule has 5 nitrogen and oxygen atoms in total. The summed E-state index contributed by atoms with van der Waals surface area (Å²) in [6, 6.07) is 19.5. The zero-order valence-corrected chi connectivity index (χ0v) is 20.8. The maximum absolute atomic E-state index is 12.4. The maximum Gasteiger partial charge on any atom is 0.312 e. The van der Waals surface area contributed by atoms with Crippen LogP contribution in [0.1, 0.15) is 49.2 Å². The van der Waals surface area contributed by atoms with Gasteiger partial charge < -0.3 is 14.8 Å². The van der Waals surface area contributed by atoms with E-state index in [1.165, 1.54) is 0 Å². The quantitative estimate of drug-likeness (QED) is 0.276. The number of nitrogens with one attached hydrogen (secondary N) is 1. The molecule has 0 amide bonds. The second kappa shape index (κ2) is 9.94. The lowest BCUT2D eigenvalue weighted by Crippen LogP contribution is -2.17. The highest BCUT2D eigenvalue weighted by Gasteiger charge is 2.30. The Labute approximate surface area is 204 Å². The van der Waals surface area contributed by atoms with Crippen molar-refractivity contribution in [2.45, 2.75) is 56.3 Å². The number of H-pyrrole nitrogens is 1. The van der Waals surface area contributed by atoms with Gasteiger partial charge >= 0.3 is 5.97 Å². The van der Waals surface area contributed by atoms with Crippen LogP contribution in [0.4, 0.5) is 0 Å². The third kappa shape index (κ3) is 5.45. The lowest BCUT2D eigenvalue weighted by molar-refractivity contribution is -0.138. The number of ether oxygens (including phenoxy) is 1. The molecule has 0 aliphatic carbocycles. The summed E-state index contributed by atoms with van der Waals surface area (Å²) in [5.74, 6) is -0.748. The summed E-state index contributed by atoms with van der Waals surface area (Å²) in [6.07, 6.45) is 2.17. The van der Waals surface area contributed by atoms with Gasteiger partial charge in [-0.3, -0.25) is 9.78 Å². The van der Waals surface area contributed by atoms with Crippen molar-refractivity contribution in [3.05, 3.63) is 89.4 Å². The molecule has 0 aliphatic rings. The van der Waals surface area contributed by atoms with Crippen LogP contribution in [-0.2, 0) is 17.8 Å². The van der Waals surface area contributed by atoms with E-state index in [9.17, 15) is 9.90 Å². The van der Waals surface area contributed by atoms with Gasteiger partial charge in [0.1, 0.15) is 18.3 Å². The van der Waals surface area contributed by atoms with Gasteiger partial charge in [0.15, 0.2) is 0 Å². The molecule has 0 spiro atoms. The van der Waals surface area contributed by atoms with Crippen LogP contribution in [-0.4, -0.2) is 25.8 Å². The van der Waals surface area contributed by atoms with Crippen LogP contribution in [0.25, 0.3) is 10.9 Å². The Hall–Kier alpha value is -3.25. The third-order valence-corrected chi connectivity index (χ3v) is 6.84. The Bertz CT molecular complexity index is 1280. The van der Waals surface area contributed by atoms with Crippen molar-refractivity contribution in [2.75, 3.05) is 0 Å². The van der Waals surface area contributed by atoms with E-state index in [-0.39, 0.29) is 4.75 Å². The molecule has 2 N–H and O–H groups in total. The molecule has 4 aromatic rings. The summed E-state index contributed by atoms with van der Waals surface area (Å²) in [7, 11) is 0. The Balaban J connectivity index is 1.78. The number of carboxylic acids is 1. The highest BCUT2D eigenvalue weighted by atomic mass is 32.2. The molecule has 4 rings (SSSR count). The Morgan fingerprint density at radius 3 is 2.47 bits per heavy atom. The first-order chi connectivity index (χ1) is 16.2. The molecular weight excluding hydrogens is 444 g/mol. The van der Waals surface area contributed by atoms with Gasteiger partial charge in [0, 0.05) is 38.0 Å². The van der Waals surface area contributed by atoms with Gasteiger partial charge in [0.2, 0.25) is 0 Å². The molecule has 2 heterocycles. The fourth-order valence-electron chi connectivity index (χ4n) is 4.04.